The molecule has 0 atom stereocenters. The van der Waals surface area contributed by atoms with E-state index in [0.29, 0.717) is 10.6 Å². The fourth-order valence-electron chi connectivity index (χ4n) is 1.18. The van der Waals surface area contributed by atoms with Crippen LogP contribution in [0.1, 0.15) is 5.56 Å². The summed E-state index contributed by atoms with van der Waals surface area (Å²) in [5.41, 5.74) is 6.00. The summed E-state index contributed by atoms with van der Waals surface area (Å²) in [6, 6.07) is 6.44. The highest BCUT2D eigenvalue weighted by molar-refractivity contribution is 6.30. The third-order valence-electron chi connectivity index (χ3n) is 1.98. The third kappa shape index (κ3) is 5.21. The molecule has 93 valence electrons. The van der Waals surface area contributed by atoms with E-state index in [1.165, 1.54) is 0 Å². The quantitative estimate of drug-likeness (QED) is 0.855. The predicted molar refractivity (Wildman–Crippen MR) is 59.5 cm³/mol. The minimum Gasteiger partial charge on any atom is -0.320 e. The van der Waals surface area contributed by atoms with Crippen LogP contribution in [0.3, 0.4) is 0 Å². The SMILES string of the molecule is N[C](COC(F)F)C(=O)Cc1cccc(Cl)c1. The van der Waals surface area contributed by atoms with Gasteiger partial charge in [-0.25, -0.2) is 0 Å². The van der Waals surface area contributed by atoms with Crippen molar-refractivity contribution in [2.75, 3.05) is 6.61 Å². The van der Waals surface area contributed by atoms with E-state index in [9.17, 15) is 13.6 Å². The summed E-state index contributed by atoms with van der Waals surface area (Å²) in [5.74, 6) is -0.451. The molecule has 3 nitrogen and oxygen atoms in total. The van der Waals surface area contributed by atoms with Crippen LogP contribution in [-0.2, 0) is 16.0 Å². The highest BCUT2D eigenvalue weighted by atomic mass is 35.5. The third-order valence-corrected chi connectivity index (χ3v) is 2.21. The summed E-state index contributed by atoms with van der Waals surface area (Å²) < 4.78 is 27.4. The van der Waals surface area contributed by atoms with Crippen LogP contribution in [0.25, 0.3) is 0 Å². The molecule has 0 spiro atoms. The van der Waals surface area contributed by atoms with Crippen LogP contribution in [0.4, 0.5) is 8.78 Å². The van der Waals surface area contributed by atoms with Gasteiger partial charge in [-0.1, -0.05) is 23.7 Å². The number of alkyl halides is 2. The first kappa shape index (κ1) is 14.0. The Balaban J connectivity index is 2.48. The second-order valence-corrected chi connectivity index (χ2v) is 3.76. The number of carbonyl (C=O) groups is 1. The van der Waals surface area contributed by atoms with Gasteiger partial charge in [0.25, 0.3) is 0 Å². The van der Waals surface area contributed by atoms with E-state index in [1.807, 2.05) is 0 Å². The molecule has 0 saturated carbocycles. The van der Waals surface area contributed by atoms with E-state index in [1.54, 1.807) is 24.3 Å². The summed E-state index contributed by atoms with van der Waals surface area (Å²) in [7, 11) is 0. The minimum absolute atomic E-state index is 0.0129. The minimum atomic E-state index is -2.94. The van der Waals surface area contributed by atoms with E-state index >= 15 is 0 Å². The van der Waals surface area contributed by atoms with Crippen molar-refractivity contribution >= 4 is 17.4 Å². The Hall–Kier alpha value is -1.04. The Morgan fingerprint density at radius 1 is 1.47 bits per heavy atom. The van der Waals surface area contributed by atoms with E-state index in [2.05, 4.69) is 4.74 Å². The Morgan fingerprint density at radius 3 is 2.76 bits per heavy atom. The van der Waals surface area contributed by atoms with Gasteiger partial charge in [0.1, 0.15) is 6.04 Å². The molecule has 1 radical (unpaired) electrons. The Bertz CT molecular complexity index is 387. The summed E-state index contributed by atoms with van der Waals surface area (Å²) in [6.07, 6.45) is 0.0129. The topological polar surface area (TPSA) is 52.3 Å². The second kappa shape index (κ2) is 6.64. The number of rotatable bonds is 6. The molecule has 0 aliphatic rings. The average molecular weight is 263 g/mol. The lowest BCUT2D eigenvalue weighted by Crippen LogP contribution is -2.28. The molecule has 1 aromatic carbocycles. The normalized spacial score (nSPS) is 11.2. The smallest absolute Gasteiger partial charge is 0.320 e. The maximum absolute atomic E-state index is 11.7. The van der Waals surface area contributed by atoms with Gasteiger partial charge in [-0.3, -0.25) is 4.79 Å². The number of hydrogen-bond donors (Lipinski definition) is 1. The molecule has 1 aromatic rings. The van der Waals surface area contributed by atoms with E-state index in [-0.39, 0.29) is 12.5 Å². The maximum atomic E-state index is 11.7. The van der Waals surface area contributed by atoms with Gasteiger partial charge in [0, 0.05) is 11.4 Å². The van der Waals surface area contributed by atoms with Crippen LogP contribution in [0.15, 0.2) is 24.3 Å². The van der Waals surface area contributed by atoms with Gasteiger partial charge in [0.15, 0.2) is 5.78 Å². The van der Waals surface area contributed by atoms with Crippen LogP contribution >= 0.6 is 11.6 Å². The number of ketones is 1. The molecule has 0 aliphatic heterocycles. The summed E-state index contributed by atoms with van der Waals surface area (Å²) >= 11 is 5.74. The van der Waals surface area contributed by atoms with Crippen molar-refractivity contribution in [2.45, 2.75) is 13.0 Å². The van der Waals surface area contributed by atoms with Crippen molar-refractivity contribution in [3.63, 3.8) is 0 Å². The summed E-state index contributed by atoms with van der Waals surface area (Å²) in [5, 5.41) is 0.498. The van der Waals surface area contributed by atoms with Crippen LogP contribution < -0.4 is 5.73 Å². The molecule has 0 saturated heterocycles. The zero-order chi connectivity index (χ0) is 12.8. The van der Waals surface area contributed by atoms with E-state index in [0.717, 1.165) is 0 Å². The van der Waals surface area contributed by atoms with Crippen molar-refractivity contribution in [1.29, 1.82) is 0 Å². The van der Waals surface area contributed by atoms with Gasteiger partial charge in [0.05, 0.1) is 6.61 Å². The molecule has 0 bridgehead atoms. The van der Waals surface area contributed by atoms with Crippen molar-refractivity contribution in [2.24, 2.45) is 5.73 Å². The van der Waals surface area contributed by atoms with Crippen molar-refractivity contribution in [3.05, 3.63) is 40.9 Å². The van der Waals surface area contributed by atoms with Crippen LogP contribution in [0, 0.1) is 6.04 Å². The molecule has 0 fully saturated rings. The fraction of sp³-hybridized carbons (Fsp3) is 0.273. The fourth-order valence-corrected chi connectivity index (χ4v) is 1.39. The number of halogens is 3. The first-order valence-corrected chi connectivity index (χ1v) is 5.15. The van der Waals surface area contributed by atoms with Crippen molar-refractivity contribution in [3.8, 4) is 0 Å². The van der Waals surface area contributed by atoms with Gasteiger partial charge in [-0.15, -0.1) is 0 Å². The Kier molecular flexibility index (Phi) is 5.47. The second-order valence-electron chi connectivity index (χ2n) is 3.33. The van der Waals surface area contributed by atoms with Crippen molar-refractivity contribution in [1.82, 2.24) is 0 Å². The lowest BCUT2D eigenvalue weighted by atomic mass is 10.0. The molecular weight excluding hydrogens is 252 g/mol. The number of benzene rings is 1. The first-order chi connectivity index (χ1) is 7.99. The van der Waals surface area contributed by atoms with Gasteiger partial charge in [-0.2, -0.15) is 8.78 Å². The van der Waals surface area contributed by atoms with Gasteiger partial charge >= 0.3 is 6.61 Å². The molecule has 17 heavy (non-hydrogen) atoms. The van der Waals surface area contributed by atoms with Gasteiger partial charge in [-0.05, 0) is 17.7 Å². The Labute approximate surface area is 103 Å². The first-order valence-electron chi connectivity index (χ1n) is 4.77. The number of nitrogens with two attached hydrogens (primary N) is 1. The van der Waals surface area contributed by atoms with Crippen molar-refractivity contribution < 1.29 is 18.3 Å². The van der Waals surface area contributed by atoms with E-state index < -0.39 is 19.0 Å². The van der Waals surface area contributed by atoms with Crippen LogP contribution in [0.2, 0.25) is 5.02 Å². The monoisotopic (exact) mass is 262 g/mol. The maximum Gasteiger partial charge on any atom is 0.345 e. The molecule has 1 rings (SSSR count). The summed E-state index contributed by atoms with van der Waals surface area (Å²) in [6.45, 7) is -3.51. The van der Waals surface area contributed by atoms with Crippen LogP contribution in [-0.4, -0.2) is 19.0 Å². The van der Waals surface area contributed by atoms with E-state index in [4.69, 9.17) is 17.3 Å². The molecular formula is C11H11ClF2NO2. The standard InChI is InChI=1S/C11H11ClF2NO2/c12-8-3-1-2-7(4-8)5-10(16)9(15)6-17-11(13)14/h1-4,11H,5-6,15H2. The number of hydrogen-bond acceptors (Lipinski definition) is 3. The molecule has 0 unspecified atom stereocenters. The largest absolute Gasteiger partial charge is 0.345 e. The highest BCUT2D eigenvalue weighted by Gasteiger charge is 2.17. The molecule has 0 heterocycles. The average Bonchev–Trinajstić information content (AvgIpc) is 2.25. The molecule has 2 N–H and O–H groups in total. The molecule has 6 heteroatoms. The summed E-state index contributed by atoms with van der Waals surface area (Å²) in [4.78, 5) is 11.5. The van der Waals surface area contributed by atoms with Gasteiger partial charge < -0.3 is 10.5 Å². The van der Waals surface area contributed by atoms with Crippen LogP contribution in [0.5, 0.6) is 0 Å². The van der Waals surface area contributed by atoms with Gasteiger partial charge in [0.2, 0.25) is 0 Å². The number of Topliss-reactive ketones (excluding diaryl/α,β-unsaturated/α-hetero) is 1. The Morgan fingerprint density at radius 2 is 2.18 bits per heavy atom. The molecule has 0 aromatic heterocycles. The lowest BCUT2D eigenvalue weighted by molar-refractivity contribution is -0.132. The number of ether oxygens (including phenoxy) is 1. The zero-order valence-electron chi connectivity index (χ0n) is 8.83. The molecule has 0 amide bonds. The number of carbonyl (C=O) groups excluding carboxylic acids is 1. The zero-order valence-corrected chi connectivity index (χ0v) is 9.58. The highest BCUT2D eigenvalue weighted by Crippen LogP contribution is 2.12. The predicted octanol–water partition coefficient (Wildman–Crippen LogP) is 2.18. The molecule has 0 aliphatic carbocycles. The lowest BCUT2D eigenvalue weighted by Gasteiger charge is -2.09.